The van der Waals surface area contributed by atoms with E-state index in [2.05, 4.69) is 0 Å². The predicted octanol–water partition coefficient (Wildman–Crippen LogP) is 0.950. The average molecular weight is 287 g/mol. The number of likely N-dealkylation sites (N-methyl/N-ethyl adjacent to an activating group) is 1. The van der Waals surface area contributed by atoms with Gasteiger partial charge in [0.15, 0.2) is 18.0 Å². The number of halogens is 2. The van der Waals surface area contributed by atoms with Gasteiger partial charge in [-0.3, -0.25) is 0 Å². The zero-order valence-electron chi connectivity index (χ0n) is 11.4. The Morgan fingerprint density at radius 2 is 2.00 bits per heavy atom. The summed E-state index contributed by atoms with van der Waals surface area (Å²) < 4.78 is 31.1. The summed E-state index contributed by atoms with van der Waals surface area (Å²) in [6, 6.07) is 2.71. The zero-order chi connectivity index (χ0) is 15.3. The number of carbonyl (C=O) groups is 2. The van der Waals surface area contributed by atoms with E-state index in [0.717, 1.165) is 18.2 Å². The van der Waals surface area contributed by atoms with Crippen LogP contribution in [0.4, 0.5) is 14.5 Å². The molecule has 1 unspecified atom stereocenters. The molecule has 0 saturated carbocycles. The van der Waals surface area contributed by atoms with E-state index in [0.29, 0.717) is 0 Å². The zero-order valence-corrected chi connectivity index (χ0v) is 11.4. The fourth-order valence-electron chi connectivity index (χ4n) is 1.84. The van der Waals surface area contributed by atoms with Gasteiger partial charge in [0, 0.05) is 6.07 Å². The number of esters is 1. The van der Waals surface area contributed by atoms with Gasteiger partial charge in [-0.25, -0.2) is 22.9 Å². The van der Waals surface area contributed by atoms with Gasteiger partial charge in [0.2, 0.25) is 0 Å². The molecule has 20 heavy (non-hydrogen) atoms. The second kappa shape index (κ2) is 6.53. The van der Waals surface area contributed by atoms with Crippen LogP contribution in [0, 0.1) is 11.6 Å². The van der Waals surface area contributed by atoms with Gasteiger partial charge in [-0.2, -0.15) is 0 Å². The van der Waals surface area contributed by atoms with Crippen LogP contribution in [0.15, 0.2) is 18.2 Å². The van der Waals surface area contributed by atoms with Crippen molar-refractivity contribution in [1.29, 1.82) is 0 Å². The van der Waals surface area contributed by atoms with Crippen molar-refractivity contribution in [2.75, 3.05) is 26.7 Å². The van der Waals surface area contributed by atoms with Gasteiger partial charge in [0.05, 0.1) is 13.7 Å². The Labute approximate surface area is 115 Å². The van der Waals surface area contributed by atoms with Gasteiger partial charge >= 0.3 is 11.9 Å². The van der Waals surface area contributed by atoms with E-state index in [1.165, 1.54) is 7.05 Å². The van der Waals surface area contributed by atoms with Gasteiger partial charge in [-0.05, 0) is 19.1 Å². The third kappa shape index (κ3) is 3.37. The molecular weight excluding hydrogens is 270 g/mol. The number of hydrogen-bond donors (Lipinski definition) is 1. The Balaban J connectivity index is 3.27. The fourth-order valence-corrected chi connectivity index (χ4v) is 1.84. The molecule has 0 fully saturated rings. The lowest BCUT2D eigenvalue weighted by atomic mass is 10.2. The van der Waals surface area contributed by atoms with E-state index in [9.17, 15) is 18.4 Å². The van der Waals surface area contributed by atoms with E-state index in [-0.39, 0.29) is 12.3 Å². The molecule has 5 nitrogen and oxygen atoms in total. The standard InChI is InChI=1S/C13H17F2N2O3/c1-3-20-13(19)8-17(2,12(18)7-16)11-6-9(14)4-5-10(11)15/h4-6H,3,7-8,16H2,1-2H3/q+1. The first kappa shape index (κ1) is 16.2. The van der Waals surface area contributed by atoms with Crippen molar-refractivity contribution in [3.63, 3.8) is 0 Å². The van der Waals surface area contributed by atoms with E-state index in [1.54, 1.807) is 6.92 Å². The molecule has 2 N–H and O–H groups in total. The summed E-state index contributed by atoms with van der Waals surface area (Å²) >= 11 is 0. The van der Waals surface area contributed by atoms with Crippen molar-refractivity contribution in [2.45, 2.75) is 6.92 Å². The van der Waals surface area contributed by atoms with Crippen molar-refractivity contribution >= 4 is 17.6 Å². The SMILES string of the molecule is CCOC(=O)C[N+](C)(C(=O)CN)c1cc(F)ccc1F. The number of amides is 1. The summed E-state index contributed by atoms with van der Waals surface area (Å²) in [6.07, 6.45) is 0. The quantitative estimate of drug-likeness (QED) is 0.646. The second-order valence-electron chi connectivity index (χ2n) is 4.35. The van der Waals surface area contributed by atoms with Crippen LogP contribution in [0.2, 0.25) is 0 Å². The van der Waals surface area contributed by atoms with Gasteiger partial charge in [-0.15, -0.1) is 0 Å². The van der Waals surface area contributed by atoms with Crippen LogP contribution in [0.3, 0.4) is 0 Å². The second-order valence-corrected chi connectivity index (χ2v) is 4.35. The summed E-state index contributed by atoms with van der Waals surface area (Å²) in [7, 11) is 1.30. The molecule has 1 aromatic carbocycles. The van der Waals surface area contributed by atoms with Crippen molar-refractivity contribution in [3.8, 4) is 0 Å². The first-order chi connectivity index (χ1) is 9.35. The lowest BCUT2D eigenvalue weighted by molar-refractivity contribution is -0.147. The largest absolute Gasteiger partial charge is 0.462 e. The van der Waals surface area contributed by atoms with Gasteiger partial charge in [0.1, 0.15) is 12.4 Å². The fraction of sp³-hybridized carbons (Fsp3) is 0.385. The molecule has 1 aromatic rings. The normalized spacial score (nSPS) is 13.7. The smallest absolute Gasteiger partial charge is 0.362 e. The Kier molecular flexibility index (Phi) is 5.29. The van der Waals surface area contributed by atoms with Crippen LogP contribution in [0.25, 0.3) is 0 Å². The average Bonchev–Trinajstić information content (AvgIpc) is 2.40. The van der Waals surface area contributed by atoms with Crippen LogP contribution in [-0.2, 0) is 14.3 Å². The summed E-state index contributed by atoms with van der Waals surface area (Å²) in [4.78, 5) is 23.6. The van der Waals surface area contributed by atoms with E-state index >= 15 is 0 Å². The third-order valence-electron chi connectivity index (χ3n) is 2.92. The lowest BCUT2D eigenvalue weighted by Crippen LogP contribution is -2.56. The molecule has 1 rings (SSSR count). The molecule has 0 spiro atoms. The van der Waals surface area contributed by atoms with E-state index in [4.69, 9.17) is 10.5 Å². The highest BCUT2D eigenvalue weighted by atomic mass is 19.1. The number of quaternary nitrogens is 1. The van der Waals surface area contributed by atoms with Gasteiger partial charge in [-0.1, -0.05) is 0 Å². The Morgan fingerprint density at radius 1 is 1.35 bits per heavy atom. The van der Waals surface area contributed by atoms with Crippen molar-refractivity contribution in [1.82, 2.24) is 4.48 Å². The maximum atomic E-state index is 13.9. The van der Waals surface area contributed by atoms with E-state index in [1.807, 2.05) is 0 Å². The minimum atomic E-state index is -0.792. The molecule has 0 aromatic heterocycles. The molecule has 0 heterocycles. The Morgan fingerprint density at radius 3 is 2.55 bits per heavy atom. The van der Waals surface area contributed by atoms with Crippen LogP contribution in [0.1, 0.15) is 6.92 Å². The van der Waals surface area contributed by atoms with Crippen LogP contribution in [0.5, 0.6) is 0 Å². The number of hydrogen-bond acceptors (Lipinski definition) is 4. The van der Waals surface area contributed by atoms with Crippen molar-refractivity contribution in [2.24, 2.45) is 5.73 Å². The minimum Gasteiger partial charge on any atom is -0.462 e. The predicted molar refractivity (Wildman–Crippen MR) is 69.6 cm³/mol. The Hall–Kier alpha value is -1.86. The number of carbonyl (C=O) groups excluding carboxylic acids is 2. The monoisotopic (exact) mass is 287 g/mol. The highest BCUT2D eigenvalue weighted by molar-refractivity contribution is 5.93. The van der Waals surface area contributed by atoms with Gasteiger partial charge < -0.3 is 10.5 Å². The topological polar surface area (TPSA) is 69.4 Å². The van der Waals surface area contributed by atoms with E-state index < -0.39 is 41.1 Å². The highest BCUT2D eigenvalue weighted by Crippen LogP contribution is 2.26. The molecule has 0 aliphatic heterocycles. The molecular formula is C13H17F2N2O3+. The first-order valence-corrected chi connectivity index (χ1v) is 6.05. The van der Waals surface area contributed by atoms with Gasteiger partial charge in [0.25, 0.3) is 0 Å². The molecule has 0 aliphatic carbocycles. The van der Waals surface area contributed by atoms with Crippen LogP contribution >= 0.6 is 0 Å². The van der Waals surface area contributed by atoms with Crippen molar-refractivity contribution in [3.05, 3.63) is 29.8 Å². The summed E-state index contributed by atoms with van der Waals surface area (Å²) in [6.45, 7) is 0.868. The Bertz CT molecular complexity index is 522. The summed E-state index contributed by atoms with van der Waals surface area (Å²) in [5.41, 5.74) is 5.04. The number of benzene rings is 1. The number of rotatable bonds is 5. The molecule has 110 valence electrons. The minimum absolute atomic E-state index is 0.126. The van der Waals surface area contributed by atoms with Crippen LogP contribution < -0.4 is 10.2 Å². The maximum absolute atomic E-state index is 13.9. The molecule has 0 aliphatic rings. The maximum Gasteiger partial charge on any atom is 0.362 e. The molecule has 0 saturated heterocycles. The molecule has 1 atom stereocenters. The molecule has 0 radical (unpaired) electrons. The number of ether oxygens (including phenoxy) is 1. The molecule has 0 bridgehead atoms. The third-order valence-corrected chi connectivity index (χ3v) is 2.92. The summed E-state index contributed by atoms with van der Waals surface area (Å²) in [5, 5.41) is 0. The molecule has 1 amide bonds. The number of nitrogens with zero attached hydrogens (tertiary/aromatic N) is 1. The molecule has 7 heteroatoms. The van der Waals surface area contributed by atoms with Crippen molar-refractivity contribution < 1.29 is 23.1 Å². The highest BCUT2D eigenvalue weighted by Gasteiger charge is 2.39. The number of nitrogens with two attached hydrogens (primary N) is 1. The lowest BCUT2D eigenvalue weighted by Gasteiger charge is -2.29. The first-order valence-electron chi connectivity index (χ1n) is 6.05. The summed E-state index contributed by atoms with van der Waals surface area (Å²) in [5.74, 6) is -2.82. The van der Waals surface area contributed by atoms with Crippen LogP contribution in [-0.4, -0.2) is 38.6 Å².